The van der Waals surface area contributed by atoms with Crippen molar-refractivity contribution < 1.29 is 4.79 Å². The van der Waals surface area contributed by atoms with Gasteiger partial charge in [0.05, 0.1) is 0 Å². The van der Waals surface area contributed by atoms with E-state index >= 15 is 0 Å². The first-order valence-corrected chi connectivity index (χ1v) is 7.41. The molecule has 1 aliphatic heterocycles. The van der Waals surface area contributed by atoms with Crippen molar-refractivity contribution in [2.24, 2.45) is 5.41 Å². The smallest absolute Gasteiger partial charge is 0.321 e. The Morgan fingerprint density at radius 3 is 2.74 bits per heavy atom. The number of fused-ring (bicyclic) bond motifs is 1. The fraction of sp³-hybridized carbons (Fsp3) is 0.562. The highest BCUT2D eigenvalue weighted by Crippen LogP contribution is 2.57. The predicted molar refractivity (Wildman–Crippen MR) is 75.2 cm³/mol. The average molecular weight is 256 g/mol. The zero-order chi connectivity index (χ0) is 12.9. The molecule has 19 heavy (non-hydrogen) atoms. The van der Waals surface area contributed by atoms with Crippen molar-refractivity contribution in [3.8, 4) is 0 Å². The molecule has 0 saturated heterocycles. The highest BCUT2D eigenvalue weighted by atomic mass is 16.2. The van der Waals surface area contributed by atoms with E-state index < -0.39 is 0 Å². The topological polar surface area (TPSA) is 32.3 Å². The van der Waals surface area contributed by atoms with Crippen LogP contribution in [0, 0.1) is 5.41 Å². The number of anilines is 1. The van der Waals surface area contributed by atoms with Gasteiger partial charge in [-0.05, 0) is 49.1 Å². The lowest BCUT2D eigenvalue weighted by molar-refractivity contribution is -0.0381. The molecule has 2 amide bonds. The molecule has 0 radical (unpaired) electrons. The van der Waals surface area contributed by atoms with Crippen molar-refractivity contribution in [2.75, 3.05) is 11.9 Å². The molecular formula is C16H20N2O. The number of para-hydroxylation sites is 1. The Hall–Kier alpha value is -1.51. The van der Waals surface area contributed by atoms with Gasteiger partial charge in [-0.25, -0.2) is 4.79 Å². The lowest BCUT2D eigenvalue weighted by Crippen LogP contribution is -2.56. The van der Waals surface area contributed by atoms with Gasteiger partial charge >= 0.3 is 6.03 Å². The maximum atomic E-state index is 12.3. The maximum absolute atomic E-state index is 12.3. The van der Waals surface area contributed by atoms with Crippen LogP contribution in [0.25, 0.3) is 0 Å². The molecule has 1 spiro atoms. The minimum atomic E-state index is 0.101. The van der Waals surface area contributed by atoms with Crippen molar-refractivity contribution in [1.29, 1.82) is 0 Å². The van der Waals surface area contributed by atoms with Gasteiger partial charge in [0.25, 0.3) is 0 Å². The highest BCUT2D eigenvalue weighted by Gasteiger charge is 2.50. The second-order valence-electron chi connectivity index (χ2n) is 6.45. The summed E-state index contributed by atoms with van der Waals surface area (Å²) in [6, 6.07) is 8.74. The van der Waals surface area contributed by atoms with Gasteiger partial charge in [-0.2, -0.15) is 0 Å². The van der Waals surface area contributed by atoms with Gasteiger partial charge in [0.15, 0.2) is 0 Å². The number of hydrogen-bond acceptors (Lipinski definition) is 1. The molecule has 3 aliphatic rings. The maximum Gasteiger partial charge on any atom is 0.322 e. The summed E-state index contributed by atoms with van der Waals surface area (Å²) in [6.07, 6.45) is 7.61. The third-order valence-electron chi connectivity index (χ3n) is 5.33. The number of benzene rings is 1. The molecule has 4 rings (SSSR count). The number of hydrogen-bond donors (Lipinski definition) is 1. The van der Waals surface area contributed by atoms with E-state index in [9.17, 15) is 4.79 Å². The molecule has 2 saturated carbocycles. The molecule has 3 nitrogen and oxygen atoms in total. The van der Waals surface area contributed by atoms with Crippen molar-refractivity contribution in [3.63, 3.8) is 0 Å². The summed E-state index contributed by atoms with van der Waals surface area (Å²) in [5.74, 6) is 0. The monoisotopic (exact) mass is 256 g/mol. The fourth-order valence-electron chi connectivity index (χ4n) is 3.98. The highest BCUT2D eigenvalue weighted by molar-refractivity contribution is 5.91. The molecule has 3 heteroatoms. The quantitative estimate of drug-likeness (QED) is 0.820. The Morgan fingerprint density at radius 2 is 2.00 bits per heavy atom. The standard InChI is InChI=1S/C16H20N2O/c19-15-17-14-5-2-1-4-12(14)6-9-18(15)13-10-16(11-13)7-3-8-16/h1-2,4-5,13H,3,6-11H2,(H,17,19). The third-order valence-corrected chi connectivity index (χ3v) is 5.33. The van der Waals surface area contributed by atoms with Crippen LogP contribution in [0.15, 0.2) is 24.3 Å². The molecular weight excluding hydrogens is 236 g/mol. The number of carbonyl (C=O) groups excluding carboxylic acids is 1. The van der Waals surface area contributed by atoms with Crippen LogP contribution in [-0.4, -0.2) is 23.5 Å². The molecule has 1 aromatic carbocycles. The zero-order valence-corrected chi connectivity index (χ0v) is 11.2. The SMILES string of the molecule is O=C1Nc2ccccc2CCN1C1CC2(CCC2)C1. The van der Waals surface area contributed by atoms with E-state index in [1.165, 1.54) is 37.7 Å². The van der Waals surface area contributed by atoms with Gasteiger partial charge in [-0.1, -0.05) is 24.6 Å². The van der Waals surface area contributed by atoms with Crippen LogP contribution in [0.4, 0.5) is 10.5 Å². The van der Waals surface area contributed by atoms with Crippen LogP contribution in [-0.2, 0) is 6.42 Å². The lowest BCUT2D eigenvalue weighted by Gasteiger charge is -2.56. The van der Waals surface area contributed by atoms with Crippen molar-refractivity contribution in [2.45, 2.75) is 44.6 Å². The number of rotatable bonds is 1. The Labute approximate surface area is 114 Å². The van der Waals surface area contributed by atoms with Crippen molar-refractivity contribution in [1.82, 2.24) is 4.90 Å². The summed E-state index contributed by atoms with van der Waals surface area (Å²) in [7, 11) is 0. The zero-order valence-electron chi connectivity index (χ0n) is 11.2. The molecule has 0 bridgehead atoms. The van der Waals surface area contributed by atoms with Gasteiger partial charge in [-0.15, -0.1) is 0 Å². The Bertz CT molecular complexity index is 513. The molecule has 1 heterocycles. The largest absolute Gasteiger partial charge is 0.322 e. The minimum absolute atomic E-state index is 0.101. The van der Waals surface area contributed by atoms with E-state index in [0.29, 0.717) is 11.5 Å². The summed E-state index contributed by atoms with van der Waals surface area (Å²) >= 11 is 0. The first-order chi connectivity index (χ1) is 9.26. The van der Waals surface area contributed by atoms with Gasteiger partial charge in [0.1, 0.15) is 0 Å². The van der Waals surface area contributed by atoms with Crippen molar-refractivity contribution >= 4 is 11.7 Å². The van der Waals surface area contributed by atoms with E-state index in [1.807, 2.05) is 18.2 Å². The number of carbonyl (C=O) groups is 1. The Morgan fingerprint density at radius 1 is 1.21 bits per heavy atom. The average Bonchev–Trinajstić information content (AvgIpc) is 2.46. The van der Waals surface area contributed by atoms with E-state index in [1.54, 1.807) is 0 Å². The second-order valence-corrected chi connectivity index (χ2v) is 6.45. The first kappa shape index (κ1) is 11.3. The van der Waals surface area contributed by atoms with Crippen LogP contribution < -0.4 is 5.32 Å². The van der Waals surface area contributed by atoms with E-state index in [0.717, 1.165) is 18.7 Å². The van der Waals surface area contributed by atoms with Gasteiger partial charge in [0, 0.05) is 18.3 Å². The third kappa shape index (κ3) is 1.75. The van der Waals surface area contributed by atoms with Crippen LogP contribution in [0.3, 0.4) is 0 Å². The molecule has 1 N–H and O–H groups in total. The van der Waals surface area contributed by atoms with Gasteiger partial charge < -0.3 is 10.2 Å². The Balaban J connectivity index is 1.49. The number of nitrogens with zero attached hydrogens (tertiary/aromatic N) is 1. The van der Waals surface area contributed by atoms with Crippen LogP contribution in [0.2, 0.25) is 0 Å². The van der Waals surface area contributed by atoms with Crippen LogP contribution in [0.5, 0.6) is 0 Å². The van der Waals surface area contributed by atoms with E-state index in [2.05, 4.69) is 16.3 Å². The first-order valence-electron chi connectivity index (χ1n) is 7.41. The molecule has 0 unspecified atom stereocenters. The van der Waals surface area contributed by atoms with E-state index in [4.69, 9.17) is 0 Å². The molecule has 0 aromatic heterocycles. The Kier molecular flexibility index (Phi) is 2.38. The number of urea groups is 1. The van der Waals surface area contributed by atoms with Crippen LogP contribution >= 0.6 is 0 Å². The van der Waals surface area contributed by atoms with Crippen LogP contribution in [0.1, 0.15) is 37.7 Å². The lowest BCUT2D eigenvalue weighted by atomic mass is 9.54. The predicted octanol–water partition coefficient (Wildman–Crippen LogP) is 3.41. The summed E-state index contributed by atoms with van der Waals surface area (Å²) < 4.78 is 0. The summed E-state index contributed by atoms with van der Waals surface area (Å²) in [5, 5.41) is 3.07. The fourth-order valence-corrected chi connectivity index (χ4v) is 3.98. The molecule has 2 aliphatic carbocycles. The summed E-state index contributed by atoms with van der Waals surface area (Å²) in [5.41, 5.74) is 2.88. The molecule has 0 atom stereocenters. The normalized spacial score (nSPS) is 25.1. The molecule has 1 aromatic rings. The van der Waals surface area contributed by atoms with Crippen molar-refractivity contribution in [3.05, 3.63) is 29.8 Å². The molecule has 100 valence electrons. The molecule has 2 fully saturated rings. The summed E-state index contributed by atoms with van der Waals surface area (Å²) in [6.45, 7) is 0.865. The van der Waals surface area contributed by atoms with E-state index in [-0.39, 0.29) is 6.03 Å². The number of amides is 2. The van der Waals surface area contributed by atoms with Gasteiger partial charge in [-0.3, -0.25) is 0 Å². The van der Waals surface area contributed by atoms with Gasteiger partial charge in [0.2, 0.25) is 0 Å². The summed E-state index contributed by atoms with van der Waals surface area (Å²) in [4.78, 5) is 14.4. The second kappa shape index (κ2) is 3.99. The number of nitrogens with one attached hydrogen (secondary N) is 1. The minimum Gasteiger partial charge on any atom is -0.321 e.